The molecule has 1 aromatic carbocycles. The highest BCUT2D eigenvalue weighted by molar-refractivity contribution is 9.10. The molecule has 0 radical (unpaired) electrons. The molecule has 1 heterocycles. The molecular formula is C15H18BrNOS. The van der Waals surface area contributed by atoms with E-state index in [1.165, 1.54) is 4.88 Å². The first-order chi connectivity index (χ1) is 9.11. The Bertz CT molecular complexity index is 525. The van der Waals surface area contributed by atoms with Crippen LogP contribution in [-0.2, 0) is 6.54 Å². The number of aliphatic hydroxyl groups is 1. The lowest BCUT2D eigenvalue weighted by molar-refractivity contribution is 0.199. The summed E-state index contributed by atoms with van der Waals surface area (Å²) in [7, 11) is 0. The molecule has 2 aromatic rings. The third-order valence-electron chi connectivity index (χ3n) is 3.09. The predicted molar refractivity (Wildman–Crippen MR) is 85.8 cm³/mol. The molecule has 2 nitrogen and oxygen atoms in total. The van der Waals surface area contributed by atoms with Crippen LogP contribution >= 0.6 is 27.3 Å². The number of halogens is 1. The molecule has 102 valence electrons. The summed E-state index contributed by atoms with van der Waals surface area (Å²) in [6, 6.07) is 10.3. The second-order valence-electron chi connectivity index (χ2n) is 4.47. The zero-order valence-electron chi connectivity index (χ0n) is 11.1. The van der Waals surface area contributed by atoms with Gasteiger partial charge in [0.1, 0.15) is 0 Å². The minimum atomic E-state index is -0.458. The van der Waals surface area contributed by atoms with Gasteiger partial charge in [0, 0.05) is 27.1 Å². The Balaban J connectivity index is 2.33. The van der Waals surface area contributed by atoms with E-state index in [4.69, 9.17) is 0 Å². The van der Waals surface area contributed by atoms with Crippen molar-refractivity contribution in [3.05, 3.63) is 50.6 Å². The molecule has 1 unspecified atom stereocenters. The van der Waals surface area contributed by atoms with Crippen LogP contribution in [0.4, 0.5) is 5.69 Å². The largest absolute Gasteiger partial charge is 0.389 e. The van der Waals surface area contributed by atoms with Gasteiger partial charge in [-0.15, -0.1) is 11.3 Å². The maximum Gasteiger partial charge on any atom is 0.0782 e. The Labute approximate surface area is 126 Å². The van der Waals surface area contributed by atoms with Gasteiger partial charge in [-0.3, -0.25) is 0 Å². The van der Waals surface area contributed by atoms with Gasteiger partial charge in [-0.05, 0) is 37.4 Å². The SMILES string of the molecule is CCN(Cc1cccs1)c1cc(Br)ccc1C(C)O. The summed E-state index contributed by atoms with van der Waals surface area (Å²) in [5.41, 5.74) is 2.07. The van der Waals surface area contributed by atoms with Crippen LogP contribution in [0.15, 0.2) is 40.2 Å². The molecule has 0 aliphatic rings. The summed E-state index contributed by atoms with van der Waals surface area (Å²) in [6.45, 7) is 5.74. The van der Waals surface area contributed by atoms with E-state index >= 15 is 0 Å². The lowest BCUT2D eigenvalue weighted by Gasteiger charge is -2.26. The fraction of sp³-hybridized carbons (Fsp3) is 0.333. The van der Waals surface area contributed by atoms with E-state index in [1.54, 1.807) is 11.3 Å². The van der Waals surface area contributed by atoms with E-state index in [9.17, 15) is 5.11 Å². The zero-order valence-corrected chi connectivity index (χ0v) is 13.5. The van der Waals surface area contributed by atoms with E-state index in [-0.39, 0.29) is 0 Å². The van der Waals surface area contributed by atoms with Gasteiger partial charge < -0.3 is 10.0 Å². The Morgan fingerprint density at radius 3 is 2.74 bits per heavy atom. The average Bonchev–Trinajstić information content (AvgIpc) is 2.88. The highest BCUT2D eigenvalue weighted by Crippen LogP contribution is 2.31. The fourth-order valence-electron chi connectivity index (χ4n) is 2.10. The first-order valence-electron chi connectivity index (χ1n) is 6.36. The standard InChI is InChI=1S/C15H18BrNOS/c1-3-17(10-13-5-4-8-19-13)15-9-12(16)6-7-14(15)11(2)18/h4-9,11,18H,3,10H2,1-2H3. The smallest absolute Gasteiger partial charge is 0.0782 e. The van der Waals surface area contributed by atoms with Crippen molar-refractivity contribution in [3.8, 4) is 0 Å². The first-order valence-corrected chi connectivity index (χ1v) is 8.04. The molecule has 0 aliphatic carbocycles. The molecule has 0 amide bonds. The van der Waals surface area contributed by atoms with Crippen LogP contribution in [0.25, 0.3) is 0 Å². The van der Waals surface area contributed by atoms with Crippen molar-refractivity contribution in [1.82, 2.24) is 0 Å². The third-order valence-corrected chi connectivity index (χ3v) is 4.45. The quantitative estimate of drug-likeness (QED) is 0.860. The van der Waals surface area contributed by atoms with E-state index in [1.807, 2.05) is 19.1 Å². The van der Waals surface area contributed by atoms with Gasteiger partial charge in [0.2, 0.25) is 0 Å². The van der Waals surface area contributed by atoms with E-state index in [2.05, 4.69) is 51.3 Å². The second-order valence-corrected chi connectivity index (χ2v) is 6.42. The second kappa shape index (κ2) is 6.55. The molecule has 0 spiro atoms. The molecule has 0 bridgehead atoms. The molecule has 0 aliphatic heterocycles. The van der Waals surface area contributed by atoms with Gasteiger partial charge in [-0.1, -0.05) is 28.1 Å². The molecule has 2 rings (SSSR count). The van der Waals surface area contributed by atoms with Gasteiger partial charge >= 0.3 is 0 Å². The Hall–Kier alpha value is -0.840. The third kappa shape index (κ3) is 3.59. The van der Waals surface area contributed by atoms with Gasteiger partial charge in [-0.25, -0.2) is 0 Å². The number of benzene rings is 1. The van der Waals surface area contributed by atoms with Crippen LogP contribution in [0, 0.1) is 0 Å². The maximum absolute atomic E-state index is 9.93. The highest BCUT2D eigenvalue weighted by Gasteiger charge is 2.14. The average molecular weight is 340 g/mol. The normalized spacial score (nSPS) is 12.4. The van der Waals surface area contributed by atoms with E-state index in [0.717, 1.165) is 28.8 Å². The molecule has 4 heteroatoms. The van der Waals surface area contributed by atoms with Crippen molar-refractivity contribution in [1.29, 1.82) is 0 Å². The lowest BCUT2D eigenvalue weighted by Crippen LogP contribution is -2.23. The van der Waals surface area contributed by atoms with Crippen molar-refractivity contribution in [2.75, 3.05) is 11.4 Å². The molecule has 19 heavy (non-hydrogen) atoms. The number of aliphatic hydroxyl groups excluding tert-OH is 1. The van der Waals surface area contributed by atoms with E-state index in [0.29, 0.717) is 0 Å². The zero-order chi connectivity index (χ0) is 13.8. The topological polar surface area (TPSA) is 23.5 Å². The van der Waals surface area contributed by atoms with Crippen molar-refractivity contribution in [2.24, 2.45) is 0 Å². The monoisotopic (exact) mass is 339 g/mol. The van der Waals surface area contributed by atoms with Crippen molar-refractivity contribution < 1.29 is 5.11 Å². The Kier molecular flexibility index (Phi) is 5.02. The van der Waals surface area contributed by atoms with Crippen molar-refractivity contribution >= 4 is 33.0 Å². The predicted octanol–water partition coefficient (Wildman–Crippen LogP) is 4.59. The molecule has 1 atom stereocenters. The number of anilines is 1. The Morgan fingerprint density at radius 1 is 1.37 bits per heavy atom. The van der Waals surface area contributed by atoms with Crippen LogP contribution < -0.4 is 4.90 Å². The molecule has 1 N–H and O–H groups in total. The minimum Gasteiger partial charge on any atom is -0.389 e. The van der Waals surface area contributed by atoms with Crippen LogP contribution in [0.2, 0.25) is 0 Å². The number of nitrogens with zero attached hydrogens (tertiary/aromatic N) is 1. The van der Waals surface area contributed by atoms with Gasteiger partial charge in [0.15, 0.2) is 0 Å². The summed E-state index contributed by atoms with van der Waals surface area (Å²) in [5.74, 6) is 0. The molecule has 1 aromatic heterocycles. The molecule has 0 saturated carbocycles. The first kappa shape index (κ1) is 14.6. The number of hydrogen-bond acceptors (Lipinski definition) is 3. The minimum absolute atomic E-state index is 0.458. The molecule has 0 fully saturated rings. The van der Waals surface area contributed by atoms with E-state index < -0.39 is 6.10 Å². The molecular weight excluding hydrogens is 322 g/mol. The maximum atomic E-state index is 9.93. The van der Waals surface area contributed by atoms with Crippen LogP contribution in [0.1, 0.15) is 30.4 Å². The summed E-state index contributed by atoms with van der Waals surface area (Å²) >= 11 is 5.28. The number of thiophene rings is 1. The molecule has 0 saturated heterocycles. The summed E-state index contributed by atoms with van der Waals surface area (Å²) in [5, 5.41) is 12.0. The summed E-state index contributed by atoms with van der Waals surface area (Å²) in [4.78, 5) is 3.62. The van der Waals surface area contributed by atoms with Crippen molar-refractivity contribution in [3.63, 3.8) is 0 Å². The van der Waals surface area contributed by atoms with Gasteiger partial charge in [0.05, 0.1) is 12.6 Å². The Morgan fingerprint density at radius 2 is 2.16 bits per heavy atom. The van der Waals surface area contributed by atoms with Gasteiger partial charge in [0.25, 0.3) is 0 Å². The summed E-state index contributed by atoms with van der Waals surface area (Å²) < 4.78 is 1.04. The van der Waals surface area contributed by atoms with Gasteiger partial charge in [-0.2, -0.15) is 0 Å². The number of rotatable bonds is 5. The highest BCUT2D eigenvalue weighted by atomic mass is 79.9. The lowest BCUT2D eigenvalue weighted by atomic mass is 10.1. The summed E-state index contributed by atoms with van der Waals surface area (Å²) in [6.07, 6.45) is -0.458. The van der Waals surface area contributed by atoms with Crippen LogP contribution in [-0.4, -0.2) is 11.7 Å². The van der Waals surface area contributed by atoms with Crippen LogP contribution in [0.3, 0.4) is 0 Å². The number of hydrogen-bond donors (Lipinski definition) is 1. The van der Waals surface area contributed by atoms with Crippen molar-refractivity contribution in [2.45, 2.75) is 26.5 Å². The van der Waals surface area contributed by atoms with Crippen LogP contribution in [0.5, 0.6) is 0 Å². The fourth-order valence-corrected chi connectivity index (χ4v) is 3.17.